The Morgan fingerprint density at radius 3 is 2.71 bits per heavy atom. The average Bonchev–Trinajstić information content (AvgIpc) is 2.50. The third kappa shape index (κ3) is 3.16. The lowest BCUT2D eigenvalue weighted by molar-refractivity contribution is 0.394. The fourth-order valence-corrected chi connectivity index (χ4v) is 2.12. The molecule has 1 aromatic heterocycles. The van der Waals surface area contributed by atoms with Crippen LogP contribution in [0.25, 0.3) is 0 Å². The molecule has 1 N–H and O–H groups in total. The van der Waals surface area contributed by atoms with Crippen molar-refractivity contribution in [2.45, 2.75) is 19.9 Å². The Labute approximate surface area is 122 Å². The van der Waals surface area contributed by atoms with Crippen LogP contribution < -0.4 is 10.1 Å². The average molecular weight is 293 g/mol. The first-order chi connectivity index (χ1) is 10.1. The molecule has 0 aliphatic rings. The summed E-state index contributed by atoms with van der Waals surface area (Å²) >= 11 is 0. The first kappa shape index (κ1) is 15.3. The van der Waals surface area contributed by atoms with E-state index in [1.165, 1.54) is 25.6 Å². The van der Waals surface area contributed by atoms with E-state index in [-0.39, 0.29) is 5.56 Å². The topological polar surface area (TPSA) is 47.0 Å². The standard InChI is InChI=1S/C15H17F2N3O/c1-4-18-15(11-7-12(21-3)20-8-19-11)13-10(16)6-5-9(2)14(13)17/h5-8,15,18H,4H2,1-3H3. The zero-order valence-corrected chi connectivity index (χ0v) is 12.2. The zero-order chi connectivity index (χ0) is 15.4. The molecule has 0 saturated heterocycles. The lowest BCUT2D eigenvalue weighted by Crippen LogP contribution is -2.25. The SMILES string of the molecule is CCNC(c1cc(OC)ncn1)c1c(F)ccc(C)c1F. The molecule has 0 aliphatic heterocycles. The van der Waals surface area contributed by atoms with Crippen molar-refractivity contribution in [1.29, 1.82) is 0 Å². The minimum atomic E-state index is -0.702. The Morgan fingerprint density at radius 1 is 1.29 bits per heavy atom. The van der Waals surface area contributed by atoms with Gasteiger partial charge in [0.25, 0.3) is 0 Å². The van der Waals surface area contributed by atoms with E-state index in [1.54, 1.807) is 13.0 Å². The van der Waals surface area contributed by atoms with Gasteiger partial charge in [-0.05, 0) is 25.1 Å². The van der Waals surface area contributed by atoms with E-state index in [4.69, 9.17) is 4.74 Å². The van der Waals surface area contributed by atoms with E-state index in [9.17, 15) is 8.78 Å². The minimum Gasteiger partial charge on any atom is -0.481 e. The lowest BCUT2D eigenvalue weighted by atomic mass is 9.99. The molecule has 0 aliphatic carbocycles. The fraction of sp³-hybridized carbons (Fsp3) is 0.333. The van der Waals surface area contributed by atoms with Gasteiger partial charge in [-0.1, -0.05) is 13.0 Å². The second-order valence-corrected chi connectivity index (χ2v) is 4.57. The highest BCUT2D eigenvalue weighted by Gasteiger charge is 2.24. The van der Waals surface area contributed by atoms with E-state index in [0.29, 0.717) is 23.7 Å². The number of hydrogen-bond donors (Lipinski definition) is 1. The van der Waals surface area contributed by atoms with Crippen LogP contribution >= 0.6 is 0 Å². The first-order valence-corrected chi connectivity index (χ1v) is 6.62. The number of methoxy groups -OCH3 is 1. The van der Waals surface area contributed by atoms with Gasteiger partial charge in [-0.25, -0.2) is 18.7 Å². The van der Waals surface area contributed by atoms with Crippen molar-refractivity contribution in [3.8, 4) is 5.88 Å². The molecule has 4 nitrogen and oxygen atoms in total. The van der Waals surface area contributed by atoms with Crippen LogP contribution in [-0.4, -0.2) is 23.6 Å². The molecule has 6 heteroatoms. The monoisotopic (exact) mass is 293 g/mol. The highest BCUT2D eigenvalue weighted by molar-refractivity contribution is 5.35. The highest BCUT2D eigenvalue weighted by atomic mass is 19.1. The summed E-state index contributed by atoms with van der Waals surface area (Å²) in [5.41, 5.74) is 0.792. The van der Waals surface area contributed by atoms with Gasteiger partial charge in [0.15, 0.2) is 0 Å². The number of benzene rings is 1. The molecule has 0 bridgehead atoms. The van der Waals surface area contributed by atoms with Crippen LogP contribution in [0.3, 0.4) is 0 Å². The van der Waals surface area contributed by atoms with Gasteiger partial charge in [-0.2, -0.15) is 0 Å². The molecular formula is C15H17F2N3O. The molecule has 112 valence electrons. The number of hydrogen-bond acceptors (Lipinski definition) is 4. The second-order valence-electron chi connectivity index (χ2n) is 4.57. The van der Waals surface area contributed by atoms with E-state index >= 15 is 0 Å². The fourth-order valence-electron chi connectivity index (χ4n) is 2.12. The number of aromatic nitrogens is 2. The molecule has 1 aromatic carbocycles. The molecule has 0 spiro atoms. The number of halogens is 2. The van der Waals surface area contributed by atoms with Gasteiger partial charge in [0.05, 0.1) is 18.8 Å². The van der Waals surface area contributed by atoms with Crippen LogP contribution in [0.2, 0.25) is 0 Å². The van der Waals surface area contributed by atoms with Crippen molar-refractivity contribution >= 4 is 0 Å². The van der Waals surface area contributed by atoms with Crippen LogP contribution in [-0.2, 0) is 0 Å². The van der Waals surface area contributed by atoms with Gasteiger partial charge in [0.1, 0.15) is 18.0 Å². The minimum absolute atomic E-state index is 0.0439. The molecular weight excluding hydrogens is 276 g/mol. The maximum atomic E-state index is 14.3. The molecule has 0 amide bonds. The largest absolute Gasteiger partial charge is 0.481 e. The Hall–Kier alpha value is -2.08. The maximum absolute atomic E-state index is 14.3. The van der Waals surface area contributed by atoms with Crippen LogP contribution in [0.15, 0.2) is 24.5 Å². The summed E-state index contributed by atoms with van der Waals surface area (Å²) in [6, 6.07) is 3.54. The zero-order valence-electron chi connectivity index (χ0n) is 12.2. The first-order valence-electron chi connectivity index (χ1n) is 6.62. The van der Waals surface area contributed by atoms with Crippen molar-refractivity contribution in [1.82, 2.24) is 15.3 Å². The predicted octanol–water partition coefficient (Wildman–Crippen LogP) is 2.77. The Morgan fingerprint density at radius 2 is 2.05 bits per heavy atom. The Kier molecular flexibility index (Phi) is 4.80. The van der Waals surface area contributed by atoms with Crippen molar-refractivity contribution in [2.75, 3.05) is 13.7 Å². The molecule has 0 saturated carbocycles. The lowest BCUT2D eigenvalue weighted by Gasteiger charge is -2.20. The van der Waals surface area contributed by atoms with E-state index in [2.05, 4.69) is 15.3 Å². The number of nitrogens with zero attached hydrogens (tertiary/aromatic N) is 2. The van der Waals surface area contributed by atoms with Crippen LogP contribution in [0.4, 0.5) is 8.78 Å². The molecule has 0 radical (unpaired) electrons. The molecule has 1 atom stereocenters. The summed E-state index contributed by atoms with van der Waals surface area (Å²) in [5, 5.41) is 3.05. The van der Waals surface area contributed by atoms with Crippen molar-refractivity contribution < 1.29 is 13.5 Å². The van der Waals surface area contributed by atoms with Crippen LogP contribution in [0.1, 0.15) is 29.8 Å². The summed E-state index contributed by atoms with van der Waals surface area (Å²) in [6.07, 6.45) is 1.31. The third-order valence-corrected chi connectivity index (χ3v) is 3.18. The predicted molar refractivity (Wildman–Crippen MR) is 75.2 cm³/mol. The van der Waals surface area contributed by atoms with E-state index in [0.717, 1.165) is 0 Å². The molecule has 2 aromatic rings. The quantitative estimate of drug-likeness (QED) is 0.921. The van der Waals surface area contributed by atoms with Gasteiger partial charge < -0.3 is 10.1 Å². The van der Waals surface area contributed by atoms with Crippen molar-refractivity contribution in [3.05, 3.63) is 53.0 Å². The summed E-state index contributed by atoms with van der Waals surface area (Å²) < 4.78 is 33.5. The Balaban J connectivity index is 2.55. The van der Waals surface area contributed by atoms with Gasteiger partial charge in [-0.3, -0.25) is 0 Å². The molecule has 0 fully saturated rings. The van der Waals surface area contributed by atoms with Gasteiger partial charge >= 0.3 is 0 Å². The summed E-state index contributed by atoms with van der Waals surface area (Å²) in [7, 11) is 1.47. The van der Waals surface area contributed by atoms with Gasteiger partial charge in [0.2, 0.25) is 5.88 Å². The summed E-state index contributed by atoms with van der Waals surface area (Å²) in [5.74, 6) is -0.837. The molecule has 1 unspecified atom stereocenters. The van der Waals surface area contributed by atoms with E-state index < -0.39 is 17.7 Å². The number of nitrogens with one attached hydrogen (secondary N) is 1. The Bertz CT molecular complexity index is 634. The summed E-state index contributed by atoms with van der Waals surface area (Å²) in [6.45, 7) is 3.99. The normalized spacial score (nSPS) is 12.2. The number of rotatable bonds is 5. The molecule has 2 rings (SSSR count). The van der Waals surface area contributed by atoms with Crippen molar-refractivity contribution in [3.63, 3.8) is 0 Å². The van der Waals surface area contributed by atoms with Crippen LogP contribution in [0.5, 0.6) is 5.88 Å². The highest BCUT2D eigenvalue weighted by Crippen LogP contribution is 2.28. The smallest absolute Gasteiger partial charge is 0.216 e. The van der Waals surface area contributed by atoms with Gasteiger partial charge in [0, 0.05) is 11.6 Å². The molecule has 21 heavy (non-hydrogen) atoms. The van der Waals surface area contributed by atoms with Gasteiger partial charge in [-0.15, -0.1) is 0 Å². The van der Waals surface area contributed by atoms with Crippen molar-refractivity contribution in [2.24, 2.45) is 0 Å². The number of ether oxygens (including phenoxy) is 1. The number of aryl methyl sites for hydroxylation is 1. The van der Waals surface area contributed by atoms with E-state index in [1.807, 2.05) is 6.92 Å². The third-order valence-electron chi connectivity index (χ3n) is 3.18. The summed E-state index contributed by atoms with van der Waals surface area (Å²) in [4.78, 5) is 8.02. The maximum Gasteiger partial charge on any atom is 0.216 e. The second kappa shape index (κ2) is 6.58. The molecule has 1 heterocycles. The van der Waals surface area contributed by atoms with Crippen LogP contribution in [0, 0.1) is 18.6 Å².